The molecule has 1 aliphatic heterocycles. The van der Waals surface area contributed by atoms with Crippen LogP contribution in [0.4, 0.5) is 0 Å². The molecule has 0 radical (unpaired) electrons. The number of benzene rings is 2. The van der Waals surface area contributed by atoms with Crippen molar-refractivity contribution >= 4 is 0 Å². The number of nitrogens with zero attached hydrogens (tertiary/aromatic N) is 1. The van der Waals surface area contributed by atoms with Crippen molar-refractivity contribution in [2.24, 2.45) is 0 Å². The lowest BCUT2D eigenvalue weighted by atomic mass is 9.96. The summed E-state index contributed by atoms with van der Waals surface area (Å²) < 4.78 is 11.0. The summed E-state index contributed by atoms with van der Waals surface area (Å²) in [7, 11) is 1.60. The van der Waals surface area contributed by atoms with Gasteiger partial charge < -0.3 is 14.8 Å². The van der Waals surface area contributed by atoms with Gasteiger partial charge in [0.15, 0.2) is 0 Å². The molecule has 3 rings (SSSR count). The average molecular weight is 308 g/mol. The van der Waals surface area contributed by atoms with Crippen LogP contribution in [0.3, 0.4) is 0 Å². The van der Waals surface area contributed by atoms with E-state index in [4.69, 9.17) is 9.47 Å². The zero-order valence-electron chi connectivity index (χ0n) is 13.4. The third kappa shape index (κ3) is 3.21. The van der Waals surface area contributed by atoms with Gasteiger partial charge in [-0.3, -0.25) is 0 Å². The van der Waals surface area contributed by atoms with Crippen molar-refractivity contribution in [1.29, 1.82) is 5.26 Å². The second-order valence-corrected chi connectivity index (χ2v) is 5.68. The van der Waals surface area contributed by atoms with Crippen molar-refractivity contribution in [3.8, 4) is 22.9 Å². The summed E-state index contributed by atoms with van der Waals surface area (Å²) >= 11 is 0. The summed E-state index contributed by atoms with van der Waals surface area (Å²) in [5.41, 5.74) is 3.70. The highest BCUT2D eigenvalue weighted by Gasteiger charge is 2.23. The Morgan fingerprint density at radius 2 is 2.00 bits per heavy atom. The molecule has 118 valence electrons. The Morgan fingerprint density at radius 1 is 1.22 bits per heavy atom. The largest absolute Gasteiger partial charge is 0.497 e. The van der Waals surface area contributed by atoms with Gasteiger partial charge in [-0.25, -0.2) is 0 Å². The minimum Gasteiger partial charge on any atom is -0.497 e. The number of rotatable bonds is 3. The van der Waals surface area contributed by atoms with Gasteiger partial charge in [-0.05, 0) is 41.8 Å². The number of morpholine rings is 1. The molecule has 1 fully saturated rings. The fourth-order valence-corrected chi connectivity index (χ4v) is 2.96. The summed E-state index contributed by atoms with van der Waals surface area (Å²) in [5, 5.41) is 12.8. The van der Waals surface area contributed by atoms with Gasteiger partial charge in [-0.1, -0.05) is 24.3 Å². The first-order valence-electron chi connectivity index (χ1n) is 7.76. The lowest BCUT2D eigenvalue weighted by Crippen LogP contribution is -2.41. The van der Waals surface area contributed by atoms with Crippen LogP contribution in [0, 0.1) is 11.3 Å². The van der Waals surface area contributed by atoms with Crippen LogP contribution < -0.4 is 10.1 Å². The van der Waals surface area contributed by atoms with Crippen LogP contribution in [0.25, 0.3) is 11.1 Å². The Hall–Kier alpha value is -2.35. The van der Waals surface area contributed by atoms with Gasteiger partial charge >= 0.3 is 0 Å². The fraction of sp³-hybridized carbons (Fsp3) is 0.316. The van der Waals surface area contributed by atoms with E-state index >= 15 is 0 Å². The zero-order chi connectivity index (χ0) is 16.2. The Morgan fingerprint density at radius 3 is 2.65 bits per heavy atom. The van der Waals surface area contributed by atoms with E-state index in [-0.39, 0.29) is 6.10 Å². The molecule has 1 saturated heterocycles. The Kier molecular flexibility index (Phi) is 4.61. The standard InChI is InChI=1S/C19H20N2O2/c1-13-19(23-10-9-21-13)15-5-3-14(4-6-15)18-8-7-17(22-2)11-16(18)12-20/h3-8,11,13,19,21H,9-10H2,1-2H3/t13-,19+/m0/s1. The summed E-state index contributed by atoms with van der Waals surface area (Å²) in [5.74, 6) is 0.692. The van der Waals surface area contributed by atoms with E-state index < -0.39 is 0 Å². The molecule has 1 N–H and O–H groups in total. The normalized spacial score (nSPS) is 20.7. The van der Waals surface area contributed by atoms with Gasteiger partial charge in [0.2, 0.25) is 0 Å². The molecule has 2 aromatic rings. The number of hydrogen-bond donors (Lipinski definition) is 1. The topological polar surface area (TPSA) is 54.3 Å². The van der Waals surface area contributed by atoms with Gasteiger partial charge in [0.25, 0.3) is 0 Å². The molecule has 0 spiro atoms. The Labute approximate surface area is 136 Å². The molecule has 2 aromatic carbocycles. The van der Waals surface area contributed by atoms with Crippen LogP contribution in [0.1, 0.15) is 24.2 Å². The number of hydrogen-bond acceptors (Lipinski definition) is 4. The molecule has 0 amide bonds. The van der Waals surface area contributed by atoms with Crippen LogP contribution in [-0.2, 0) is 4.74 Å². The maximum atomic E-state index is 9.36. The molecule has 0 aliphatic carbocycles. The van der Waals surface area contributed by atoms with E-state index in [1.54, 1.807) is 13.2 Å². The average Bonchev–Trinajstić information content (AvgIpc) is 2.62. The van der Waals surface area contributed by atoms with Crippen molar-refractivity contribution < 1.29 is 9.47 Å². The smallest absolute Gasteiger partial charge is 0.120 e. The first-order chi connectivity index (χ1) is 11.2. The van der Waals surface area contributed by atoms with E-state index in [9.17, 15) is 5.26 Å². The SMILES string of the molecule is COc1ccc(-c2ccc([C@@H]3OCCN[C@H]3C)cc2)c(C#N)c1. The van der Waals surface area contributed by atoms with Crippen LogP contribution >= 0.6 is 0 Å². The first kappa shape index (κ1) is 15.5. The van der Waals surface area contributed by atoms with Crippen LogP contribution in [0.2, 0.25) is 0 Å². The lowest BCUT2D eigenvalue weighted by molar-refractivity contribution is -0.000215. The molecule has 0 unspecified atom stereocenters. The maximum absolute atomic E-state index is 9.36. The molecule has 0 aromatic heterocycles. The first-order valence-corrected chi connectivity index (χ1v) is 7.76. The van der Waals surface area contributed by atoms with Crippen molar-refractivity contribution in [2.45, 2.75) is 19.1 Å². The number of nitriles is 1. The molecular formula is C19H20N2O2. The second kappa shape index (κ2) is 6.82. The summed E-state index contributed by atoms with van der Waals surface area (Å²) in [6, 6.07) is 16.3. The van der Waals surface area contributed by atoms with E-state index in [1.165, 1.54) is 0 Å². The predicted octanol–water partition coefficient (Wildman–Crippen LogP) is 3.28. The van der Waals surface area contributed by atoms with Crippen LogP contribution in [0.15, 0.2) is 42.5 Å². The third-order valence-corrected chi connectivity index (χ3v) is 4.22. The number of nitrogens with one attached hydrogen (secondary N) is 1. The Balaban J connectivity index is 1.89. The molecule has 4 heteroatoms. The minimum atomic E-state index is 0.0732. The third-order valence-electron chi connectivity index (χ3n) is 4.22. The summed E-state index contributed by atoms with van der Waals surface area (Å²) in [6.07, 6.45) is 0.0732. The van der Waals surface area contributed by atoms with Gasteiger partial charge in [0, 0.05) is 12.6 Å². The Bertz CT molecular complexity index is 719. The van der Waals surface area contributed by atoms with Crippen molar-refractivity contribution in [3.05, 3.63) is 53.6 Å². The van der Waals surface area contributed by atoms with E-state index in [0.29, 0.717) is 17.4 Å². The fourth-order valence-electron chi connectivity index (χ4n) is 2.96. The molecule has 2 atom stereocenters. The molecule has 0 saturated carbocycles. The molecule has 0 bridgehead atoms. The highest BCUT2D eigenvalue weighted by atomic mass is 16.5. The predicted molar refractivity (Wildman–Crippen MR) is 89.3 cm³/mol. The minimum absolute atomic E-state index is 0.0732. The number of methoxy groups -OCH3 is 1. The molecule has 1 heterocycles. The lowest BCUT2D eigenvalue weighted by Gasteiger charge is -2.30. The maximum Gasteiger partial charge on any atom is 0.120 e. The van der Waals surface area contributed by atoms with Gasteiger partial charge in [-0.2, -0.15) is 5.26 Å². The quantitative estimate of drug-likeness (QED) is 0.945. The molecule has 1 aliphatic rings. The van der Waals surface area contributed by atoms with Gasteiger partial charge in [0.1, 0.15) is 5.75 Å². The van der Waals surface area contributed by atoms with E-state index in [0.717, 1.165) is 29.8 Å². The van der Waals surface area contributed by atoms with Gasteiger partial charge in [-0.15, -0.1) is 0 Å². The number of ether oxygens (including phenoxy) is 2. The van der Waals surface area contributed by atoms with Gasteiger partial charge in [0.05, 0.1) is 31.5 Å². The molecular weight excluding hydrogens is 288 g/mol. The van der Waals surface area contributed by atoms with Crippen LogP contribution in [-0.4, -0.2) is 26.3 Å². The summed E-state index contributed by atoms with van der Waals surface area (Å²) in [4.78, 5) is 0. The van der Waals surface area contributed by atoms with E-state index in [2.05, 4.69) is 30.4 Å². The highest BCUT2D eigenvalue weighted by Crippen LogP contribution is 2.30. The van der Waals surface area contributed by atoms with Crippen molar-refractivity contribution in [1.82, 2.24) is 5.32 Å². The van der Waals surface area contributed by atoms with Crippen molar-refractivity contribution in [3.63, 3.8) is 0 Å². The zero-order valence-corrected chi connectivity index (χ0v) is 13.4. The van der Waals surface area contributed by atoms with E-state index in [1.807, 2.05) is 24.3 Å². The summed E-state index contributed by atoms with van der Waals surface area (Å²) in [6.45, 7) is 3.76. The van der Waals surface area contributed by atoms with Crippen molar-refractivity contribution in [2.75, 3.05) is 20.3 Å². The second-order valence-electron chi connectivity index (χ2n) is 5.68. The monoisotopic (exact) mass is 308 g/mol. The highest BCUT2D eigenvalue weighted by molar-refractivity contribution is 5.71. The molecule has 23 heavy (non-hydrogen) atoms. The van der Waals surface area contributed by atoms with Crippen LogP contribution in [0.5, 0.6) is 5.75 Å². The molecule has 4 nitrogen and oxygen atoms in total.